The first kappa shape index (κ1) is 13.9. The van der Waals surface area contributed by atoms with Crippen molar-refractivity contribution in [3.8, 4) is 5.75 Å². The van der Waals surface area contributed by atoms with Gasteiger partial charge in [0.1, 0.15) is 5.75 Å². The van der Waals surface area contributed by atoms with Gasteiger partial charge in [0, 0.05) is 12.0 Å². The first-order valence-corrected chi connectivity index (χ1v) is 6.33. The molecular weight excluding hydrogens is 257 g/mol. The van der Waals surface area contributed by atoms with Crippen LogP contribution in [0.2, 0.25) is 0 Å². The molecule has 0 N–H and O–H groups in total. The lowest BCUT2D eigenvalue weighted by molar-refractivity contribution is -0.274. The minimum Gasteiger partial charge on any atom is -0.406 e. The van der Waals surface area contributed by atoms with Gasteiger partial charge >= 0.3 is 6.36 Å². The number of Topliss-reactive ketones (excluding diaryl/α,β-unsaturated/α-hetero) is 1. The van der Waals surface area contributed by atoms with Gasteiger partial charge in [-0.1, -0.05) is 37.8 Å². The molecule has 1 saturated carbocycles. The monoisotopic (exact) mass is 272 g/mol. The van der Waals surface area contributed by atoms with E-state index in [4.69, 9.17) is 0 Å². The maximum atomic E-state index is 12.1. The Kier molecular flexibility index (Phi) is 4.12. The molecule has 1 aromatic rings. The Labute approximate surface area is 109 Å². The summed E-state index contributed by atoms with van der Waals surface area (Å²) in [5, 5.41) is 0. The molecule has 0 bridgehead atoms. The van der Waals surface area contributed by atoms with E-state index in [-0.39, 0.29) is 17.1 Å². The third-order valence-corrected chi connectivity index (χ3v) is 3.34. The molecule has 1 aliphatic carbocycles. The van der Waals surface area contributed by atoms with Crippen LogP contribution in [-0.4, -0.2) is 12.1 Å². The van der Waals surface area contributed by atoms with Crippen LogP contribution in [0.4, 0.5) is 13.2 Å². The molecule has 5 heteroatoms. The van der Waals surface area contributed by atoms with E-state index in [1.807, 2.05) is 0 Å². The summed E-state index contributed by atoms with van der Waals surface area (Å²) in [4.78, 5) is 12.0. The normalized spacial score (nSPS) is 16.6. The molecule has 0 aliphatic heterocycles. The summed E-state index contributed by atoms with van der Waals surface area (Å²) in [6, 6.07) is 5.29. The maximum absolute atomic E-state index is 12.1. The third kappa shape index (κ3) is 4.26. The van der Waals surface area contributed by atoms with E-state index in [2.05, 4.69) is 4.74 Å². The molecule has 1 aromatic carbocycles. The zero-order chi connectivity index (χ0) is 13.9. The zero-order valence-corrected chi connectivity index (χ0v) is 10.4. The molecule has 0 spiro atoms. The second-order valence-corrected chi connectivity index (χ2v) is 4.85. The molecule has 1 aliphatic rings. The summed E-state index contributed by atoms with van der Waals surface area (Å²) in [6.07, 6.45) is 0.0158. The van der Waals surface area contributed by atoms with Gasteiger partial charge in [0.25, 0.3) is 0 Å². The number of hydrogen-bond acceptors (Lipinski definition) is 2. The summed E-state index contributed by atoms with van der Waals surface area (Å²) in [7, 11) is 0. The number of rotatable bonds is 4. The van der Waals surface area contributed by atoms with E-state index in [1.165, 1.54) is 18.2 Å². The van der Waals surface area contributed by atoms with Gasteiger partial charge < -0.3 is 4.74 Å². The molecular formula is C14H15F3O2. The minimum absolute atomic E-state index is 0.112. The number of ether oxygens (including phenoxy) is 1. The smallest absolute Gasteiger partial charge is 0.406 e. The number of carbonyl (C=O) groups excluding carboxylic acids is 1. The van der Waals surface area contributed by atoms with Crippen molar-refractivity contribution in [2.24, 2.45) is 5.92 Å². The van der Waals surface area contributed by atoms with Crippen LogP contribution in [0.5, 0.6) is 5.75 Å². The molecule has 0 aromatic heterocycles. The molecule has 1 fully saturated rings. The van der Waals surface area contributed by atoms with Crippen LogP contribution in [-0.2, 0) is 0 Å². The van der Waals surface area contributed by atoms with Gasteiger partial charge in [-0.3, -0.25) is 4.79 Å². The third-order valence-electron chi connectivity index (χ3n) is 3.34. The standard InChI is InChI=1S/C14H15F3O2/c15-14(16,17)19-12-7-3-6-11(9-12)13(18)8-10-4-1-2-5-10/h3,6-7,9-10H,1-2,4-5,8H2. The SMILES string of the molecule is O=C(CC1CCCC1)c1cccc(OC(F)(F)F)c1. The van der Waals surface area contributed by atoms with Gasteiger partial charge in [-0.2, -0.15) is 0 Å². The van der Waals surface area contributed by atoms with Crippen LogP contribution < -0.4 is 4.74 Å². The van der Waals surface area contributed by atoms with Gasteiger partial charge in [-0.15, -0.1) is 13.2 Å². The Balaban J connectivity index is 2.03. The second kappa shape index (κ2) is 5.63. The molecule has 2 nitrogen and oxygen atoms in total. The van der Waals surface area contributed by atoms with Crippen molar-refractivity contribution in [3.63, 3.8) is 0 Å². The van der Waals surface area contributed by atoms with E-state index in [1.54, 1.807) is 0 Å². The van der Waals surface area contributed by atoms with E-state index in [9.17, 15) is 18.0 Å². The molecule has 0 atom stereocenters. The number of ketones is 1. The number of alkyl halides is 3. The highest BCUT2D eigenvalue weighted by Gasteiger charge is 2.31. The van der Waals surface area contributed by atoms with Crippen molar-refractivity contribution in [2.45, 2.75) is 38.5 Å². The van der Waals surface area contributed by atoms with E-state index < -0.39 is 6.36 Å². The summed E-state index contributed by atoms with van der Waals surface area (Å²) in [5.74, 6) is -0.0796. The Bertz CT molecular complexity index is 448. The van der Waals surface area contributed by atoms with Crippen molar-refractivity contribution >= 4 is 5.78 Å². The predicted molar refractivity (Wildman–Crippen MR) is 64.0 cm³/mol. The summed E-state index contributed by atoms with van der Waals surface area (Å²) in [5.41, 5.74) is 0.286. The molecule has 19 heavy (non-hydrogen) atoms. The molecule has 0 heterocycles. The van der Waals surface area contributed by atoms with Gasteiger partial charge in [-0.05, 0) is 18.1 Å². The fourth-order valence-corrected chi connectivity index (χ4v) is 2.46. The van der Waals surface area contributed by atoms with Crippen LogP contribution in [0.25, 0.3) is 0 Å². The van der Waals surface area contributed by atoms with E-state index >= 15 is 0 Å². The first-order valence-electron chi connectivity index (χ1n) is 6.33. The van der Waals surface area contributed by atoms with Crippen molar-refractivity contribution < 1.29 is 22.7 Å². The predicted octanol–water partition coefficient (Wildman–Crippen LogP) is 4.35. The fourth-order valence-electron chi connectivity index (χ4n) is 2.46. The van der Waals surface area contributed by atoms with E-state index in [0.29, 0.717) is 12.3 Å². The number of carbonyl (C=O) groups is 1. The number of benzene rings is 1. The highest BCUT2D eigenvalue weighted by Crippen LogP contribution is 2.29. The van der Waals surface area contributed by atoms with Crippen molar-refractivity contribution in [2.75, 3.05) is 0 Å². The Morgan fingerprint density at radius 2 is 1.95 bits per heavy atom. The molecule has 0 saturated heterocycles. The zero-order valence-electron chi connectivity index (χ0n) is 10.4. The quantitative estimate of drug-likeness (QED) is 0.762. The summed E-state index contributed by atoms with van der Waals surface area (Å²) in [6.45, 7) is 0. The lowest BCUT2D eigenvalue weighted by Crippen LogP contribution is -2.17. The lowest BCUT2D eigenvalue weighted by Gasteiger charge is -2.11. The maximum Gasteiger partial charge on any atom is 0.573 e. The largest absolute Gasteiger partial charge is 0.573 e. The Hall–Kier alpha value is -1.52. The molecule has 104 valence electrons. The van der Waals surface area contributed by atoms with Crippen LogP contribution in [0.3, 0.4) is 0 Å². The van der Waals surface area contributed by atoms with Crippen molar-refractivity contribution in [3.05, 3.63) is 29.8 Å². The van der Waals surface area contributed by atoms with Crippen LogP contribution in [0.1, 0.15) is 42.5 Å². The average Bonchev–Trinajstić information content (AvgIpc) is 2.80. The first-order chi connectivity index (χ1) is 8.94. The molecule has 0 amide bonds. The average molecular weight is 272 g/mol. The summed E-state index contributed by atoms with van der Waals surface area (Å²) >= 11 is 0. The Morgan fingerprint density at radius 3 is 2.58 bits per heavy atom. The van der Waals surface area contributed by atoms with Gasteiger partial charge in [0.05, 0.1) is 0 Å². The van der Waals surface area contributed by atoms with Gasteiger partial charge in [0.15, 0.2) is 5.78 Å². The lowest BCUT2D eigenvalue weighted by atomic mass is 9.97. The molecule has 2 rings (SSSR count). The highest BCUT2D eigenvalue weighted by molar-refractivity contribution is 5.96. The van der Waals surface area contributed by atoms with Crippen LogP contribution in [0, 0.1) is 5.92 Å². The van der Waals surface area contributed by atoms with Gasteiger partial charge in [-0.25, -0.2) is 0 Å². The van der Waals surface area contributed by atoms with Crippen molar-refractivity contribution in [1.29, 1.82) is 0 Å². The fraction of sp³-hybridized carbons (Fsp3) is 0.500. The summed E-state index contributed by atoms with van der Waals surface area (Å²) < 4.78 is 40.1. The number of halogens is 3. The molecule has 0 unspecified atom stereocenters. The Morgan fingerprint density at radius 1 is 1.26 bits per heavy atom. The van der Waals surface area contributed by atoms with Crippen molar-refractivity contribution in [1.82, 2.24) is 0 Å². The number of hydrogen-bond donors (Lipinski definition) is 0. The van der Waals surface area contributed by atoms with Crippen LogP contribution >= 0.6 is 0 Å². The highest BCUT2D eigenvalue weighted by atomic mass is 19.4. The second-order valence-electron chi connectivity index (χ2n) is 4.85. The topological polar surface area (TPSA) is 26.3 Å². The molecule has 0 radical (unpaired) electrons. The van der Waals surface area contributed by atoms with Crippen LogP contribution in [0.15, 0.2) is 24.3 Å². The minimum atomic E-state index is -4.73. The van der Waals surface area contributed by atoms with E-state index in [0.717, 1.165) is 31.7 Å². The van der Waals surface area contributed by atoms with Gasteiger partial charge in [0.2, 0.25) is 0 Å².